The second-order valence-electron chi connectivity index (χ2n) is 5.82. The number of benzene rings is 1. The fourth-order valence-electron chi connectivity index (χ4n) is 2.20. The average molecular weight is 397 g/mol. The number of carbonyl (C=O) groups is 2. The van der Waals surface area contributed by atoms with Gasteiger partial charge < -0.3 is 10.1 Å². The van der Waals surface area contributed by atoms with Crippen molar-refractivity contribution in [2.24, 2.45) is 0 Å². The second-order valence-corrected chi connectivity index (χ2v) is 7.45. The van der Waals surface area contributed by atoms with E-state index in [1.807, 2.05) is 6.92 Å². The third kappa shape index (κ3) is 4.20. The third-order valence-electron chi connectivity index (χ3n) is 3.56. The molecule has 0 aliphatic heterocycles. The smallest absolute Gasteiger partial charge is 0.341 e. The van der Waals surface area contributed by atoms with Crippen LogP contribution in [0.15, 0.2) is 18.2 Å². The number of nitrogens with one attached hydrogen (secondary N) is 1. The van der Waals surface area contributed by atoms with E-state index in [9.17, 15) is 19.7 Å². The Kier molecular flexibility index (Phi) is 5.99. The fourth-order valence-corrected chi connectivity index (χ4v) is 3.43. The Bertz CT molecular complexity index is 892. The number of nitro benzene ring substituents is 1. The summed E-state index contributed by atoms with van der Waals surface area (Å²) in [6, 6.07) is 3.76. The molecule has 9 heteroatoms. The van der Waals surface area contributed by atoms with Crippen molar-refractivity contribution in [2.45, 2.75) is 33.8 Å². The first-order valence-electron chi connectivity index (χ1n) is 7.68. The monoisotopic (exact) mass is 396 g/mol. The quantitative estimate of drug-likeness (QED) is 0.447. The lowest BCUT2D eigenvalue weighted by molar-refractivity contribution is -0.384. The summed E-state index contributed by atoms with van der Waals surface area (Å²) in [5.41, 5.74) is 0.710. The number of hydrogen-bond donors (Lipinski definition) is 1. The second kappa shape index (κ2) is 7.84. The number of thiophene rings is 1. The van der Waals surface area contributed by atoms with Gasteiger partial charge in [-0.05, 0) is 45.4 Å². The normalized spacial score (nSPS) is 10.7. The maximum atomic E-state index is 12.5. The fraction of sp³-hybridized carbons (Fsp3) is 0.294. The number of carbonyl (C=O) groups excluding carboxylic acids is 2. The molecule has 138 valence electrons. The van der Waals surface area contributed by atoms with E-state index in [-0.39, 0.29) is 27.9 Å². The van der Waals surface area contributed by atoms with Crippen molar-refractivity contribution >= 4 is 45.5 Å². The lowest BCUT2D eigenvalue weighted by Crippen LogP contribution is -2.17. The first-order valence-corrected chi connectivity index (χ1v) is 8.87. The number of nitrogens with zero attached hydrogens (tertiary/aromatic N) is 1. The zero-order chi connectivity index (χ0) is 19.6. The summed E-state index contributed by atoms with van der Waals surface area (Å²) in [7, 11) is 0. The molecule has 0 atom stereocenters. The molecule has 0 aliphatic carbocycles. The topological polar surface area (TPSA) is 98.5 Å². The maximum Gasteiger partial charge on any atom is 0.341 e. The zero-order valence-electron chi connectivity index (χ0n) is 14.6. The molecule has 7 nitrogen and oxygen atoms in total. The van der Waals surface area contributed by atoms with Gasteiger partial charge in [0.05, 0.1) is 16.6 Å². The van der Waals surface area contributed by atoms with E-state index in [0.717, 1.165) is 16.5 Å². The highest BCUT2D eigenvalue weighted by Gasteiger charge is 2.24. The van der Waals surface area contributed by atoms with Crippen molar-refractivity contribution in [1.29, 1.82) is 0 Å². The summed E-state index contributed by atoms with van der Waals surface area (Å²) in [6.07, 6.45) is -0.301. The van der Waals surface area contributed by atoms with Crippen LogP contribution in [0.1, 0.15) is 45.0 Å². The van der Waals surface area contributed by atoms with E-state index in [1.165, 1.54) is 23.5 Å². The first-order chi connectivity index (χ1) is 12.1. The van der Waals surface area contributed by atoms with Crippen LogP contribution in [0.5, 0.6) is 0 Å². The minimum absolute atomic E-state index is 0.0597. The molecule has 0 fully saturated rings. The molecule has 0 saturated carbocycles. The number of ether oxygens (including phenoxy) is 1. The van der Waals surface area contributed by atoms with Gasteiger partial charge in [0.15, 0.2) is 0 Å². The van der Waals surface area contributed by atoms with Crippen LogP contribution in [0.25, 0.3) is 0 Å². The molecular formula is C17H17ClN2O5S. The van der Waals surface area contributed by atoms with Gasteiger partial charge in [0.25, 0.3) is 11.6 Å². The van der Waals surface area contributed by atoms with Crippen molar-refractivity contribution in [3.8, 4) is 0 Å². The summed E-state index contributed by atoms with van der Waals surface area (Å²) in [4.78, 5) is 36.0. The number of anilines is 1. The molecule has 1 N–H and O–H groups in total. The molecule has 0 bridgehead atoms. The Balaban J connectivity index is 2.35. The average Bonchev–Trinajstić information content (AvgIpc) is 2.80. The Labute approximate surface area is 159 Å². The van der Waals surface area contributed by atoms with Crippen LogP contribution in [0.2, 0.25) is 5.02 Å². The summed E-state index contributed by atoms with van der Waals surface area (Å²) in [6.45, 7) is 7.07. The number of rotatable bonds is 5. The molecule has 0 spiro atoms. The van der Waals surface area contributed by atoms with Crippen molar-refractivity contribution < 1.29 is 19.2 Å². The van der Waals surface area contributed by atoms with Crippen LogP contribution in [-0.4, -0.2) is 22.9 Å². The van der Waals surface area contributed by atoms with Crippen LogP contribution < -0.4 is 5.32 Å². The van der Waals surface area contributed by atoms with E-state index in [2.05, 4.69) is 5.32 Å². The van der Waals surface area contributed by atoms with Crippen molar-refractivity contribution in [3.63, 3.8) is 0 Å². The number of nitro groups is 1. The Hall–Kier alpha value is -2.45. The number of esters is 1. The van der Waals surface area contributed by atoms with Crippen LogP contribution >= 0.6 is 22.9 Å². The number of amides is 1. The van der Waals surface area contributed by atoms with Gasteiger partial charge in [0, 0.05) is 16.5 Å². The highest BCUT2D eigenvalue weighted by atomic mass is 35.5. The van der Waals surface area contributed by atoms with Gasteiger partial charge in [-0.2, -0.15) is 0 Å². The van der Waals surface area contributed by atoms with Gasteiger partial charge in [-0.15, -0.1) is 11.3 Å². The van der Waals surface area contributed by atoms with E-state index < -0.39 is 16.8 Å². The van der Waals surface area contributed by atoms with E-state index in [1.54, 1.807) is 20.8 Å². The number of halogens is 1. The third-order valence-corrected chi connectivity index (χ3v) is 5.01. The summed E-state index contributed by atoms with van der Waals surface area (Å²) in [5.74, 6) is -1.11. The van der Waals surface area contributed by atoms with E-state index in [0.29, 0.717) is 5.00 Å². The molecule has 1 aromatic carbocycles. The van der Waals surface area contributed by atoms with Crippen molar-refractivity contribution in [3.05, 3.63) is 54.9 Å². The molecule has 2 aromatic rings. The Morgan fingerprint density at radius 1 is 1.31 bits per heavy atom. The maximum absolute atomic E-state index is 12.5. The zero-order valence-corrected chi connectivity index (χ0v) is 16.2. The lowest BCUT2D eigenvalue weighted by atomic mass is 10.1. The minimum Gasteiger partial charge on any atom is -0.459 e. The molecular weight excluding hydrogens is 380 g/mol. The highest BCUT2D eigenvalue weighted by Crippen LogP contribution is 2.34. The highest BCUT2D eigenvalue weighted by molar-refractivity contribution is 7.16. The predicted octanol–water partition coefficient (Wildman–Crippen LogP) is 4.74. The van der Waals surface area contributed by atoms with Gasteiger partial charge in [0.1, 0.15) is 10.0 Å². The standard InChI is InChI=1S/C17H17ClN2O5S/c1-8(2)25-17(22)14-9(3)10(4)26-16(14)19-15(21)11-5-6-12(18)13(7-11)20(23)24/h5-8H,1-4H3,(H,19,21). The molecule has 0 unspecified atom stereocenters. The Morgan fingerprint density at radius 2 is 1.96 bits per heavy atom. The molecule has 1 aromatic heterocycles. The van der Waals surface area contributed by atoms with Crippen LogP contribution in [0.4, 0.5) is 10.7 Å². The van der Waals surface area contributed by atoms with Crippen LogP contribution in [0.3, 0.4) is 0 Å². The van der Waals surface area contributed by atoms with Gasteiger partial charge in [-0.1, -0.05) is 11.6 Å². The summed E-state index contributed by atoms with van der Waals surface area (Å²) >= 11 is 7.00. The minimum atomic E-state index is -0.663. The summed E-state index contributed by atoms with van der Waals surface area (Å²) < 4.78 is 5.23. The molecule has 1 amide bonds. The first kappa shape index (κ1) is 19.9. The number of aryl methyl sites for hydroxylation is 1. The lowest BCUT2D eigenvalue weighted by Gasteiger charge is -2.10. The molecule has 1 heterocycles. The van der Waals surface area contributed by atoms with E-state index >= 15 is 0 Å². The van der Waals surface area contributed by atoms with E-state index in [4.69, 9.17) is 16.3 Å². The molecule has 0 saturated heterocycles. The SMILES string of the molecule is Cc1sc(NC(=O)c2ccc(Cl)c([N+](=O)[O-])c2)c(C(=O)OC(C)C)c1C. The van der Waals surface area contributed by atoms with Crippen molar-refractivity contribution in [2.75, 3.05) is 5.32 Å². The van der Waals surface area contributed by atoms with Gasteiger partial charge in [0.2, 0.25) is 0 Å². The molecule has 2 rings (SSSR count). The van der Waals surface area contributed by atoms with Crippen LogP contribution in [0, 0.1) is 24.0 Å². The molecule has 0 radical (unpaired) electrons. The molecule has 0 aliphatic rings. The van der Waals surface area contributed by atoms with Crippen molar-refractivity contribution in [1.82, 2.24) is 0 Å². The number of hydrogen-bond acceptors (Lipinski definition) is 6. The predicted molar refractivity (Wildman–Crippen MR) is 100 cm³/mol. The summed E-state index contributed by atoms with van der Waals surface area (Å²) in [5, 5.41) is 13.9. The van der Waals surface area contributed by atoms with Crippen LogP contribution in [-0.2, 0) is 4.74 Å². The Morgan fingerprint density at radius 3 is 2.54 bits per heavy atom. The van der Waals surface area contributed by atoms with Gasteiger partial charge in [-0.3, -0.25) is 14.9 Å². The van der Waals surface area contributed by atoms with Gasteiger partial charge >= 0.3 is 5.97 Å². The largest absolute Gasteiger partial charge is 0.459 e. The van der Waals surface area contributed by atoms with Gasteiger partial charge in [-0.25, -0.2) is 4.79 Å². The molecule has 26 heavy (non-hydrogen) atoms.